The van der Waals surface area contributed by atoms with Crippen LogP contribution in [0.25, 0.3) is 0 Å². The van der Waals surface area contributed by atoms with E-state index in [2.05, 4.69) is 23.8 Å². The van der Waals surface area contributed by atoms with Gasteiger partial charge in [0.2, 0.25) is 0 Å². The van der Waals surface area contributed by atoms with Gasteiger partial charge < -0.3 is 4.90 Å². The first-order valence-corrected chi connectivity index (χ1v) is 8.20. The van der Waals surface area contributed by atoms with E-state index in [1.807, 2.05) is 30.3 Å². The maximum absolute atomic E-state index is 12.6. The molecule has 2 aliphatic rings. The predicted octanol–water partition coefficient (Wildman–Crippen LogP) is 2.67. The molecule has 0 amide bonds. The Hall–Kier alpha value is -1.19. The molecule has 3 rings (SSSR count). The predicted molar refractivity (Wildman–Crippen MR) is 85.6 cm³/mol. The number of Topliss-reactive ketones (excluding diaryl/α,β-unsaturated/α-hetero) is 1. The third-order valence-electron chi connectivity index (χ3n) is 5.36. The number of fused-ring (bicyclic) bond motifs is 1. The van der Waals surface area contributed by atoms with Crippen LogP contribution in [0.4, 0.5) is 0 Å². The van der Waals surface area contributed by atoms with Gasteiger partial charge in [-0.05, 0) is 45.7 Å². The summed E-state index contributed by atoms with van der Waals surface area (Å²) in [5.41, 5.74) is 0.841. The van der Waals surface area contributed by atoms with Gasteiger partial charge in [-0.1, -0.05) is 30.3 Å². The van der Waals surface area contributed by atoms with E-state index in [-0.39, 0.29) is 11.8 Å². The molecular formula is C18H26N2O. The molecule has 0 aliphatic carbocycles. The van der Waals surface area contributed by atoms with Gasteiger partial charge in [0, 0.05) is 24.7 Å². The lowest BCUT2D eigenvalue weighted by molar-refractivity contribution is 0.0233. The summed E-state index contributed by atoms with van der Waals surface area (Å²) in [4.78, 5) is 17.5. The quantitative estimate of drug-likeness (QED) is 0.798. The monoisotopic (exact) mass is 286 g/mol. The number of carbonyl (C=O) groups excluding carboxylic acids is 1. The zero-order valence-corrected chi connectivity index (χ0v) is 13.2. The fourth-order valence-electron chi connectivity index (χ4n) is 4.04. The van der Waals surface area contributed by atoms with Crippen LogP contribution >= 0.6 is 0 Å². The largest absolute Gasteiger partial charge is 0.303 e. The highest BCUT2D eigenvalue weighted by Crippen LogP contribution is 2.30. The lowest BCUT2D eigenvalue weighted by atomic mass is 9.83. The number of piperidine rings is 2. The van der Waals surface area contributed by atoms with Crippen molar-refractivity contribution in [2.24, 2.45) is 5.92 Å². The fourth-order valence-corrected chi connectivity index (χ4v) is 4.04. The number of rotatable bonds is 3. The van der Waals surface area contributed by atoms with Gasteiger partial charge in [-0.3, -0.25) is 9.69 Å². The van der Waals surface area contributed by atoms with Crippen molar-refractivity contribution in [1.82, 2.24) is 9.80 Å². The minimum atomic E-state index is 0.000539. The summed E-state index contributed by atoms with van der Waals surface area (Å²) in [6.45, 7) is 5.43. The van der Waals surface area contributed by atoms with Crippen LogP contribution in [0.15, 0.2) is 30.3 Å². The summed E-state index contributed by atoms with van der Waals surface area (Å²) in [6, 6.07) is 10.4. The molecule has 0 N–H and O–H groups in total. The van der Waals surface area contributed by atoms with Crippen molar-refractivity contribution in [1.29, 1.82) is 0 Å². The number of nitrogens with zero attached hydrogens (tertiary/aromatic N) is 2. The molecule has 3 unspecified atom stereocenters. The van der Waals surface area contributed by atoms with Crippen molar-refractivity contribution in [3.63, 3.8) is 0 Å². The van der Waals surface area contributed by atoms with Crippen molar-refractivity contribution < 1.29 is 4.79 Å². The summed E-state index contributed by atoms with van der Waals surface area (Å²) >= 11 is 0. The third-order valence-corrected chi connectivity index (χ3v) is 5.36. The first kappa shape index (κ1) is 14.7. The van der Waals surface area contributed by atoms with Gasteiger partial charge in [0.25, 0.3) is 0 Å². The van der Waals surface area contributed by atoms with Gasteiger partial charge >= 0.3 is 0 Å². The molecule has 2 heterocycles. The third kappa shape index (κ3) is 3.04. The van der Waals surface area contributed by atoms with Crippen molar-refractivity contribution in [2.75, 3.05) is 26.7 Å². The SMILES string of the molecule is CC(C(=O)c1ccccc1)N1CCC2C(CCCN2C)C1. The Kier molecular flexibility index (Phi) is 4.41. The zero-order valence-electron chi connectivity index (χ0n) is 13.2. The Morgan fingerprint density at radius 2 is 1.95 bits per heavy atom. The molecule has 2 saturated heterocycles. The number of hydrogen-bond acceptors (Lipinski definition) is 3. The van der Waals surface area contributed by atoms with Crippen LogP contribution < -0.4 is 0 Å². The molecule has 0 bridgehead atoms. The first-order valence-electron chi connectivity index (χ1n) is 8.20. The Balaban J connectivity index is 1.66. The lowest BCUT2D eigenvalue weighted by Gasteiger charge is -2.47. The minimum Gasteiger partial charge on any atom is -0.303 e. The molecule has 3 atom stereocenters. The van der Waals surface area contributed by atoms with E-state index in [4.69, 9.17) is 0 Å². The van der Waals surface area contributed by atoms with Crippen molar-refractivity contribution in [3.05, 3.63) is 35.9 Å². The van der Waals surface area contributed by atoms with Crippen LogP contribution in [0.2, 0.25) is 0 Å². The molecule has 3 nitrogen and oxygen atoms in total. The van der Waals surface area contributed by atoms with Crippen molar-refractivity contribution in [3.8, 4) is 0 Å². The highest BCUT2D eigenvalue weighted by Gasteiger charge is 2.36. The molecule has 0 spiro atoms. The Bertz CT molecular complexity index is 487. The lowest BCUT2D eigenvalue weighted by Crippen LogP contribution is -2.55. The average molecular weight is 286 g/mol. The number of ketones is 1. The standard InChI is InChI=1S/C18H26N2O/c1-14(18(21)15-7-4-3-5-8-15)20-12-10-17-16(13-20)9-6-11-19(17)2/h3-5,7-8,14,16-17H,6,9-13H2,1-2H3. The van der Waals surface area contributed by atoms with Gasteiger partial charge in [0.05, 0.1) is 6.04 Å². The Morgan fingerprint density at radius 1 is 1.19 bits per heavy atom. The topological polar surface area (TPSA) is 23.6 Å². The van der Waals surface area contributed by atoms with Crippen LogP contribution in [0, 0.1) is 5.92 Å². The minimum absolute atomic E-state index is 0.000539. The summed E-state index contributed by atoms with van der Waals surface area (Å²) in [5, 5.41) is 0. The highest BCUT2D eigenvalue weighted by molar-refractivity contribution is 5.99. The molecule has 1 aromatic rings. The molecule has 0 saturated carbocycles. The Morgan fingerprint density at radius 3 is 2.71 bits per heavy atom. The van der Waals surface area contributed by atoms with E-state index in [0.29, 0.717) is 0 Å². The first-order chi connectivity index (χ1) is 10.2. The Labute approximate surface area is 127 Å². The summed E-state index contributed by atoms with van der Waals surface area (Å²) in [5.74, 6) is 1.00. The van der Waals surface area contributed by atoms with E-state index >= 15 is 0 Å². The maximum Gasteiger partial charge on any atom is 0.179 e. The van der Waals surface area contributed by atoms with Crippen molar-refractivity contribution in [2.45, 2.75) is 38.3 Å². The smallest absolute Gasteiger partial charge is 0.179 e. The van der Waals surface area contributed by atoms with Gasteiger partial charge in [-0.25, -0.2) is 0 Å². The second kappa shape index (κ2) is 6.29. The molecular weight excluding hydrogens is 260 g/mol. The summed E-state index contributed by atoms with van der Waals surface area (Å²) in [6.07, 6.45) is 3.82. The maximum atomic E-state index is 12.6. The van der Waals surface area contributed by atoms with E-state index in [9.17, 15) is 4.79 Å². The normalized spacial score (nSPS) is 28.9. The molecule has 114 valence electrons. The van der Waals surface area contributed by atoms with E-state index in [1.54, 1.807) is 0 Å². The number of carbonyl (C=O) groups is 1. The van der Waals surface area contributed by atoms with Crippen LogP contribution in [0.5, 0.6) is 0 Å². The second-order valence-corrected chi connectivity index (χ2v) is 6.64. The fraction of sp³-hybridized carbons (Fsp3) is 0.611. The molecule has 1 aromatic carbocycles. The molecule has 0 radical (unpaired) electrons. The number of benzene rings is 1. The molecule has 3 heteroatoms. The molecule has 21 heavy (non-hydrogen) atoms. The average Bonchev–Trinajstić information content (AvgIpc) is 2.54. The van der Waals surface area contributed by atoms with Crippen LogP contribution in [-0.4, -0.2) is 54.3 Å². The van der Waals surface area contributed by atoms with E-state index < -0.39 is 0 Å². The van der Waals surface area contributed by atoms with Gasteiger partial charge in [-0.15, -0.1) is 0 Å². The second-order valence-electron chi connectivity index (χ2n) is 6.64. The zero-order chi connectivity index (χ0) is 14.8. The van der Waals surface area contributed by atoms with Gasteiger partial charge in [0.1, 0.15) is 0 Å². The van der Waals surface area contributed by atoms with Crippen molar-refractivity contribution >= 4 is 5.78 Å². The highest BCUT2D eigenvalue weighted by atomic mass is 16.1. The van der Waals surface area contributed by atoms with Crippen LogP contribution in [-0.2, 0) is 0 Å². The summed E-state index contributed by atoms with van der Waals surface area (Å²) < 4.78 is 0. The number of likely N-dealkylation sites (tertiary alicyclic amines) is 2. The van der Waals surface area contributed by atoms with Crippen LogP contribution in [0.1, 0.15) is 36.5 Å². The summed E-state index contributed by atoms with van der Waals surface area (Å²) in [7, 11) is 2.25. The number of hydrogen-bond donors (Lipinski definition) is 0. The van der Waals surface area contributed by atoms with E-state index in [1.165, 1.54) is 25.8 Å². The molecule has 2 fully saturated rings. The van der Waals surface area contributed by atoms with Gasteiger partial charge in [-0.2, -0.15) is 0 Å². The van der Waals surface area contributed by atoms with E-state index in [0.717, 1.165) is 30.6 Å². The molecule has 2 aliphatic heterocycles. The van der Waals surface area contributed by atoms with Crippen LogP contribution in [0.3, 0.4) is 0 Å². The van der Waals surface area contributed by atoms with Gasteiger partial charge in [0.15, 0.2) is 5.78 Å². The molecule has 0 aromatic heterocycles.